The molecule has 0 bridgehead atoms. The molecule has 1 N–H and O–H groups in total. The van der Waals surface area contributed by atoms with E-state index in [0.717, 1.165) is 10.6 Å². The van der Waals surface area contributed by atoms with Crippen molar-refractivity contribution >= 4 is 23.4 Å². The summed E-state index contributed by atoms with van der Waals surface area (Å²) < 4.78 is 0. The first-order valence-electron chi connectivity index (χ1n) is 2.96. The van der Waals surface area contributed by atoms with Crippen LogP contribution in [0.15, 0.2) is 16.0 Å². The maximum Gasteiger partial charge on any atom is 0.345 e. The van der Waals surface area contributed by atoms with Gasteiger partial charge in [-0.1, -0.05) is 0 Å². The molecule has 1 aromatic rings. The summed E-state index contributed by atoms with van der Waals surface area (Å²) in [5.74, 6) is 0.375. The van der Waals surface area contributed by atoms with Crippen molar-refractivity contribution in [3.63, 3.8) is 0 Å². The number of nitrogens with zero attached hydrogens (tertiary/aromatic N) is 1. The number of nitrogens with one attached hydrogen (secondary N) is 1. The van der Waals surface area contributed by atoms with Gasteiger partial charge < -0.3 is 4.98 Å². The standard InChI is InChI=1S/C6H7ClN2OS/c1-11-5-4(2-7)3-8-6(10)9-5/h3H,2H2,1H3,(H,8,9,10). The van der Waals surface area contributed by atoms with Gasteiger partial charge in [0.15, 0.2) is 0 Å². The van der Waals surface area contributed by atoms with Crippen LogP contribution in [0.1, 0.15) is 5.56 Å². The van der Waals surface area contributed by atoms with Crippen LogP contribution in [0.5, 0.6) is 0 Å². The van der Waals surface area contributed by atoms with E-state index in [1.54, 1.807) is 0 Å². The molecule has 0 radical (unpaired) electrons. The molecule has 0 aliphatic carbocycles. The molecule has 0 atom stereocenters. The summed E-state index contributed by atoms with van der Waals surface area (Å²) in [4.78, 5) is 16.8. The zero-order chi connectivity index (χ0) is 8.27. The quantitative estimate of drug-likeness (QED) is 0.434. The van der Waals surface area contributed by atoms with Crippen molar-refractivity contribution in [2.75, 3.05) is 6.26 Å². The van der Waals surface area contributed by atoms with Crippen LogP contribution in [-0.4, -0.2) is 16.2 Å². The number of H-pyrrole nitrogens is 1. The van der Waals surface area contributed by atoms with Crippen LogP contribution in [0.4, 0.5) is 0 Å². The Balaban J connectivity index is 3.16. The van der Waals surface area contributed by atoms with Gasteiger partial charge in [-0.25, -0.2) is 9.78 Å². The van der Waals surface area contributed by atoms with Crippen LogP contribution >= 0.6 is 23.4 Å². The van der Waals surface area contributed by atoms with Crippen LogP contribution in [-0.2, 0) is 5.88 Å². The molecule has 1 heterocycles. The second kappa shape index (κ2) is 3.78. The van der Waals surface area contributed by atoms with Gasteiger partial charge in [-0.05, 0) is 6.26 Å². The number of halogens is 1. The summed E-state index contributed by atoms with van der Waals surface area (Å²) in [6.45, 7) is 0. The molecule has 3 nitrogen and oxygen atoms in total. The second-order valence-corrected chi connectivity index (χ2v) is 2.96. The van der Waals surface area contributed by atoms with E-state index >= 15 is 0 Å². The highest BCUT2D eigenvalue weighted by Crippen LogP contribution is 2.15. The first-order chi connectivity index (χ1) is 5.27. The molecule has 1 aromatic heterocycles. The minimum absolute atomic E-state index is 0.330. The van der Waals surface area contributed by atoms with Crippen LogP contribution in [0.2, 0.25) is 0 Å². The number of aromatic nitrogens is 2. The van der Waals surface area contributed by atoms with E-state index in [0.29, 0.717) is 5.88 Å². The molecule has 0 saturated carbocycles. The molecule has 0 unspecified atom stereocenters. The van der Waals surface area contributed by atoms with E-state index in [1.165, 1.54) is 18.0 Å². The lowest BCUT2D eigenvalue weighted by Crippen LogP contribution is -2.11. The lowest BCUT2D eigenvalue weighted by Gasteiger charge is -1.99. The van der Waals surface area contributed by atoms with Crippen molar-refractivity contribution in [2.24, 2.45) is 0 Å². The summed E-state index contributed by atoms with van der Waals surface area (Å²) >= 11 is 7.04. The van der Waals surface area contributed by atoms with Crippen molar-refractivity contribution < 1.29 is 0 Å². The van der Waals surface area contributed by atoms with E-state index in [-0.39, 0.29) is 5.69 Å². The second-order valence-electron chi connectivity index (χ2n) is 1.88. The number of thioether (sulfide) groups is 1. The molecule has 0 aromatic carbocycles. The molecular formula is C6H7ClN2OS. The number of aromatic amines is 1. The SMILES string of the molecule is CSc1[nH]c(=O)ncc1CCl. The lowest BCUT2D eigenvalue weighted by atomic mass is 10.4. The Bertz CT molecular complexity index is 299. The number of rotatable bonds is 2. The molecule has 0 aliphatic heterocycles. The molecule has 11 heavy (non-hydrogen) atoms. The highest BCUT2D eigenvalue weighted by atomic mass is 35.5. The Kier molecular flexibility index (Phi) is 2.96. The third-order valence-corrected chi connectivity index (χ3v) is 2.26. The van der Waals surface area contributed by atoms with Gasteiger partial charge in [0.1, 0.15) is 0 Å². The lowest BCUT2D eigenvalue weighted by molar-refractivity contribution is 0.940. The summed E-state index contributed by atoms with van der Waals surface area (Å²) in [6.07, 6.45) is 3.37. The molecular weight excluding hydrogens is 184 g/mol. The molecule has 0 spiro atoms. The third kappa shape index (κ3) is 1.97. The van der Waals surface area contributed by atoms with Gasteiger partial charge in [0.25, 0.3) is 0 Å². The van der Waals surface area contributed by atoms with Crippen molar-refractivity contribution in [3.05, 3.63) is 22.2 Å². The number of hydrogen-bond acceptors (Lipinski definition) is 3. The van der Waals surface area contributed by atoms with Crippen LogP contribution < -0.4 is 5.69 Å². The van der Waals surface area contributed by atoms with Crippen LogP contribution in [0.25, 0.3) is 0 Å². The largest absolute Gasteiger partial charge is 0.345 e. The fourth-order valence-electron chi connectivity index (χ4n) is 0.682. The summed E-state index contributed by atoms with van der Waals surface area (Å²) in [7, 11) is 0. The highest BCUT2D eigenvalue weighted by molar-refractivity contribution is 7.98. The molecule has 1 rings (SSSR count). The Morgan fingerprint density at radius 2 is 2.55 bits per heavy atom. The summed E-state index contributed by atoms with van der Waals surface area (Å²) in [6, 6.07) is 0. The third-order valence-electron chi connectivity index (χ3n) is 1.20. The molecule has 0 aliphatic rings. The zero-order valence-electron chi connectivity index (χ0n) is 5.93. The highest BCUT2D eigenvalue weighted by Gasteiger charge is 2.00. The monoisotopic (exact) mass is 190 g/mol. The van der Waals surface area contributed by atoms with Gasteiger partial charge >= 0.3 is 5.69 Å². The first kappa shape index (κ1) is 8.62. The molecule has 5 heteroatoms. The topological polar surface area (TPSA) is 45.8 Å². The normalized spacial score (nSPS) is 10.0. The minimum atomic E-state index is -0.330. The molecule has 0 saturated heterocycles. The summed E-state index contributed by atoms with van der Waals surface area (Å²) in [5, 5.41) is 0.792. The van der Waals surface area contributed by atoms with Gasteiger partial charge in [-0.2, -0.15) is 0 Å². The number of alkyl halides is 1. The molecule has 60 valence electrons. The van der Waals surface area contributed by atoms with Gasteiger partial charge in [-0.3, -0.25) is 0 Å². The van der Waals surface area contributed by atoms with Gasteiger partial charge in [0.05, 0.1) is 10.9 Å². The fourth-order valence-corrected chi connectivity index (χ4v) is 1.54. The zero-order valence-corrected chi connectivity index (χ0v) is 7.50. The van der Waals surface area contributed by atoms with E-state index in [9.17, 15) is 4.79 Å². The van der Waals surface area contributed by atoms with Crippen molar-refractivity contribution in [3.8, 4) is 0 Å². The first-order valence-corrected chi connectivity index (χ1v) is 4.72. The molecule has 0 amide bonds. The van der Waals surface area contributed by atoms with E-state index in [4.69, 9.17) is 11.6 Å². The van der Waals surface area contributed by atoms with Crippen LogP contribution in [0, 0.1) is 0 Å². The predicted molar refractivity (Wildman–Crippen MR) is 46.2 cm³/mol. The fraction of sp³-hybridized carbons (Fsp3) is 0.333. The predicted octanol–water partition coefficient (Wildman–Crippen LogP) is 1.23. The minimum Gasteiger partial charge on any atom is -0.300 e. The van der Waals surface area contributed by atoms with E-state index < -0.39 is 0 Å². The molecule has 0 fully saturated rings. The van der Waals surface area contributed by atoms with E-state index in [2.05, 4.69) is 9.97 Å². The van der Waals surface area contributed by atoms with Gasteiger partial charge in [0, 0.05) is 11.8 Å². The Morgan fingerprint density at radius 3 is 3.09 bits per heavy atom. The smallest absolute Gasteiger partial charge is 0.300 e. The van der Waals surface area contributed by atoms with Crippen molar-refractivity contribution in [1.29, 1.82) is 0 Å². The van der Waals surface area contributed by atoms with Gasteiger partial charge in [0.2, 0.25) is 0 Å². The van der Waals surface area contributed by atoms with Crippen LogP contribution in [0.3, 0.4) is 0 Å². The van der Waals surface area contributed by atoms with Crippen molar-refractivity contribution in [2.45, 2.75) is 10.9 Å². The maximum atomic E-state index is 10.7. The van der Waals surface area contributed by atoms with Gasteiger partial charge in [-0.15, -0.1) is 23.4 Å². The average molecular weight is 191 g/mol. The average Bonchev–Trinajstić information content (AvgIpc) is 2.04. The summed E-state index contributed by atoms with van der Waals surface area (Å²) in [5.41, 5.74) is 0.530. The maximum absolute atomic E-state index is 10.7. The Morgan fingerprint density at radius 1 is 1.82 bits per heavy atom. The Hall–Kier alpha value is -0.480. The van der Waals surface area contributed by atoms with E-state index in [1.807, 2.05) is 6.26 Å². The Labute approximate surface area is 73.2 Å². The number of hydrogen-bond donors (Lipinski definition) is 1. The van der Waals surface area contributed by atoms with Crippen molar-refractivity contribution in [1.82, 2.24) is 9.97 Å².